The number of aromatic nitrogens is 1. The summed E-state index contributed by atoms with van der Waals surface area (Å²) in [6.45, 7) is 19.7. The Kier molecular flexibility index (Phi) is 21.3. The van der Waals surface area contributed by atoms with Gasteiger partial charge in [-0.15, -0.1) is 0 Å². The second-order valence-corrected chi connectivity index (χ2v) is 11.2. The molecule has 0 N–H and O–H groups in total. The van der Waals surface area contributed by atoms with Crippen LogP contribution in [0.2, 0.25) is 0 Å². The molecule has 7 heteroatoms. The smallest absolute Gasteiger partial charge is 1.00 e. The van der Waals surface area contributed by atoms with E-state index in [1.807, 2.05) is 0 Å². The maximum absolute atomic E-state index is 5.23. The van der Waals surface area contributed by atoms with Crippen molar-refractivity contribution in [3.63, 3.8) is 0 Å². The second-order valence-electron chi connectivity index (χ2n) is 11.2. The number of hydrogen-bond acceptors (Lipinski definition) is 3. The van der Waals surface area contributed by atoms with Gasteiger partial charge in [-0.1, -0.05) is 88.8 Å². The van der Waals surface area contributed by atoms with Crippen LogP contribution in [0, 0.1) is 20.8 Å². The van der Waals surface area contributed by atoms with E-state index in [0.29, 0.717) is 0 Å². The first-order valence-electron chi connectivity index (χ1n) is 15.0. The Morgan fingerprint density at radius 2 is 0.767 bits per heavy atom. The van der Waals surface area contributed by atoms with E-state index in [9.17, 15) is 0 Å². The van der Waals surface area contributed by atoms with Crippen molar-refractivity contribution >= 4 is 22.8 Å². The van der Waals surface area contributed by atoms with Crippen LogP contribution in [-0.2, 0) is 42.8 Å². The van der Waals surface area contributed by atoms with Gasteiger partial charge in [0.15, 0.2) is 0 Å². The van der Waals surface area contributed by atoms with E-state index in [2.05, 4.69) is 98.7 Å². The number of rotatable bonds is 12. The predicted octanol–water partition coefficient (Wildman–Crippen LogP) is 1.11. The molecule has 0 fully saturated rings. The molecule has 0 amide bonds. The maximum atomic E-state index is 5.23. The Morgan fingerprint density at radius 1 is 0.512 bits per heavy atom. The summed E-state index contributed by atoms with van der Waals surface area (Å²) < 4.78 is 0. The summed E-state index contributed by atoms with van der Waals surface area (Å²) in [6.07, 6.45) is 8.60. The third kappa shape index (κ3) is 12.0. The van der Waals surface area contributed by atoms with Gasteiger partial charge in [0.2, 0.25) is 0 Å². The van der Waals surface area contributed by atoms with Crippen molar-refractivity contribution in [3.8, 4) is 0 Å². The molecule has 0 spiro atoms. The zero-order valence-corrected chi connectivity index (χ0v) is 30.8. The van der Waals surface area contributed by atoms with Gasteiger partial charge in [-0.05, 0) is 100 Å². The van der Waals surface area contributed by atoms with Crippen LogP contribution in [0.1, 0.15) is 118 Å². The fraction of sp³-hybridized carbons (Fsp3) is 0.472. The van der Waals surface area contributed by atoms with Crippen molar-refractivity contribution in [2.45, 2.75) is 114 Å². The van der Waals surface area contributed by atoms with E-state index in [4.69, 9.17) is 15.0 Å². The number of benzene rings is 2. The number of aryl methyl sites for hydroxylation is 7. The molecule has 0 aliphatic carbocycles. The van der Waals surface area contributed by atoms with E-state index in [1.165, 1.54) is 38.9 Å². The summed E-state index contributed by atoms with van der Waals surface area (Å²) >= 11 is 0. The molecule has 1 aromatic heterocycles. The van der Waals surface area contributed by atoms with Gasteiger partial charge in [-0.25, -0.2) is 4.98 Å². The first-order valence-corrected chi connectivity index (χ1v) is 15.0. The van der Waals surface area contributed by atoms with E-state index in [0.717, 1.165) is 85.6 Å². The van der Waals surface area contributed by atoms with Gasteiger partial charge in [-0.3, -0.25) is 9.98 Å². The van der Waals surface area contributed by atoms with Gasteiger partial charge < -0.3 is 37.2 Å². The first-order chi connectivity index (χ1) is 18.7. The van der Waals surface area contributed by atoms with E-state index < -0.39 is 0 Å². The molecule has 0 unspecified atom stereocenters. The van der Waals surface area contributed by atoms with E-state index in [1.54, 1.807) is 0 Å². The van der Waals surface area contributed by atoms with Crippen LogP contribution in [0.4, 0.5) is 11.4 Å². The van der Waals surface area contributed by atoms with Gasteiger partial charge in [0.05, 0.1) is 34.2 Å². The van der Waals surface area contributed by atoms with Gasteiger partial charge >= 0.3 is 17.1 Å². The average molecular weight is 686 g/mol. The van der Waals surface area contributed by atoms with Crippen molar-refractivity contribution < 1.29 is 54.3 Å². The molecule has 3 nitrogen and oxygen atoms in total. The van der Waals surface area contributed by atoms with E-state index >= 15 is 0 Å². The molecule has 2 aromatic carbocycles. The van der Waals surface area contributed by atoms with Crippen LogP contribution in [0.15, 0.2) is 46.4 Å². The summed E-state index contributed by atoms with van der Waals surface area (Å²) in [4.78, 5) is 15.6. The number of halogens is 3. The van der Waals surface area contributed by atoms with Crippen molar-refractivity contribution in [3.05, 3.63) is 86.7 Å². The SMILES string of the molecule is CCCc1cc(C)cc(CCC)c1N=C(C)c1cc(C)cc(C(C)=Nc2c(CCC)cc(C)cc2CCC)n1.[Cl-].[Cl-].[Cl-].[Fe+3]. The zero-order valence-electron chi connectivity index (χ0n) is 27.5. The number of hydrogen-bond donors (Lipinski definition) is 0. The Bertz CT molecular complexity index is 1210. The Labute approximate surface area is 291 Å². The molecule has 0 saturated carbocycles. The largest absolute Gasteiger partial charge is 3.00 e. The van der Waals surface area contributed by atoms with Crippen molar-refractivity contribution in [1.82, 2.24) is 4.98 Å². The fourth-order valence-corrected chi connectivity index (χ4v) is 5.48. The fourth-order valence-electron chi connectivity index (χ4n) is 5.48. The maximum Gasteiger partial charge on any atom is 3.00 e. The number of pyridine rings is 1. The molecule has 0 aliphatic heterocycles. The Morgan fingerprint density at radius 3 is 1.02 bits per heavy atom. The van der Waals surface area contributed by atoms with Crippen LogP contribution >= 0.6 is 0 Å². The number of aliphatic imine (C=N–C) groups is 2. The molecule has 1 radical (unpaired) electrons. The monoisotopic (exact) mass is 684 g/mol. The normalized spacial score (nSPS) is 11.2. The summed E-state index contributed by atoms with van der Waals surface area (Å²) in [6, 6.07) is 13.5. The zero-order chi connectivity index (χ0) is 28.5. The summed E-state index contributed by atoms with van der Waals surface area (Å²) in [7, 11) is 0. The molecular formula is C36H49Cl3FeN3. The molecule has 3 aromatic rings. The van der Waals surface area contributed by atoms with Crippen LogP contribution < -0.4 is 37.2 Å². The topological polar surface area (TPSA) is 37.6 Å². The second kappa shape index (κ2) is 21.1. The Hall–Kier alpha value is -1.68. The first kappa shape index (κ1) is 43.4. The van der Waals surface area contributed by atoms with Crippen LogP contribution in [0.5, 0.6) is 0 Å². The van der Waals surface area contributed by atoms with E-state index in [-0.39, 0.29) is 54.3 Å². The minimum Gasteiger partial charge on any atom is -1.00 e. The van der Waals surface area contributed by atoms with Gasteiger partial charge in [0.1, 0.15) is 0 Å². The summed E-state index contributed by atoms with van der Waals surface area (Å²) in [5.74, 6) is 0. The Balaban J connectivity index is 0. The standard InChI is InChI=1S/C36H49N3.3ClH.Fe/c1-10-14-29-18-24(5)19-30(15-11-2)35(29)37-27(8)33-22-26(7)23-34(39-33)28(9)38-36-31(16-12-3)20-25(6)21-32(36)17-13-4;;;;/h18-23H,10-17H2,1-9H3;3*1H;/q;;;;+3/p-3. The third-order valence-electron chi connectivity index (χ3n) is 7.17. The number of nitrogens with zero attached hydrogens (tertiary/aromatic N) is 3. The van der Waals surface area contributed by atoms with Crippen molar-refractivity contribution in [2.24, 2.45) is 9.98 Å². The molecule has 0 aliphatic rings. The molecule has 3 rings (SSSR count). The minimum absolute atomic E-state index is 0. The molecule has 1 heterocycles. The minimum atomic E-state index is 0. The quantitative estimate of drug-likeness (QED) is 0.208. The molecule has 237 valence electrons. The molecule has 0 atom stereocenters. The molecular weight excluding hydrogens is 637 g/mol. The molecule has 43 heavy (non-hydrogen) atoms. The average Bonchev–Trinajstić information content (AvgIpc) is 2.88. The van der Waals surface area contributed by atoms with Gasteiger partial charge in [-0.2, -0.15) is 0 Å². The molecule has 0 saturated heterocycles. The summed E-state index contributed by atoms with van der Waals surface area (Å²) in [5.41, 5.74) is 15.3. The third-order valence-corrected chi connectivity index (χ3v) is 7.17. The molecule has 0 bridgehead atoms. The van der Waals surface area contributed by atoms with Crippen molar-refractivity contribution in [2.75, 3.05) is 0 Å². The predicted molar refractivity (Wildman–Crippen MR) is 171 cm³/mol. The van der Waals surface area contributed by atoms with Crippen molar-refractivity contribution in [1.29, 1.82) is 0 Å². The van der Waals surface area contributed by atoms with Gasteiger partial charge in [0.25, 0.3) is 0 Å². The summed E-state index contributed by atoms with van der Waals surface area (Å²) in [5, 5.41) is 0. The van der Waals surface area contributed by atoms with Gasteiger partial charge in [0, 0.05) is 0 Å². The van der Waals surface area contributed by atoms with Crippen LogP contribution in [-0.4, -0.2) is 16.4 Å². The van der Waals surface area contributed by atoms with Crippen LogP contribution in [0.3, 0.4) is 0 Å². The van der Waals surface area contributed by atoms with Crippen LogP contribution in [0.25, 0.3) is 0 Å².